The minimum Gasteiger partial charge on any atom is -0.495 e. The first-order valence-electron chi connectivity index (χ1n) is 7.59. The van der Waals surface area contributed by atoms with E-state index in [0.717, 1.165) is 0 Å². The van der Waals surface area contributed by atoms with Gasteiger partial charge in [0, 0.05) is 13.0 Å². The first-order chi connectivity index (χ1) is 11.6. The number of hydrogen-bond acceptors (Lipinski definition) is 3. The summed E-state index contributed by atoms with van der Waals surface area (Å²) in [6, 6.07) is 14.3. The molecule has 0 aliphatic carbocycles. The van der Waals surface area contributed by atoms with E-state index in [0.29, 0.717) is 28.7 Å². The molecule has 24 heavy (non-hydrogen) atoms. The topological polar surface area (TPSA) is 58.6 Å². The highest BCUT2D eigenvalue weighted by molar-refractivity contribution is 6.33. The van der Waals surface area contributed by atoms with Crippen molar-refractivity contribution in [2.75, 3.05) is 23.9 Å². The van der Waals surface area contributed by atoms with Gasteiger partial charge in [0.25, 0.3) is 0 Å². The van der Waals surface area contributed by atoms with Gasteiger partial charge in [-0.15, -0.1) is 0 Å². The van der Waals surface area contributed by atoms with Gasteiger partial charge in [0.15, 0.2) is 0 Å². The number of amides is 2. The molecule has 6 heteroatoms. The molecule has 5 nitrogen and oxygen atoms in total. The maximum atomic E-state index is 12.5. The van der Waals surface area contributed by atoms with Crippen LogP contribution in [0, 0.1) is 5.92 Å². The predicted octanol–water partition coefficient (Wildman–Crippen LogP) is 3.34. The number of halogens is 1. The fourth-order valence-corrected chi connectivity index (χ4v) is 3.01. The number of ether oxygens (including phenoxy) is 1. The van der Waals surface area contributed by atoms with Crippen LogP contribution in [0.1, 0.15) is 6.42 Å². The molecule has 0 spiro atoms. The summed E-state index contributed by atoms with van der Waals surface area (Å²) in [6.45, 7) is 0.309. The van der Waals surface area contributed by atoms with E-state index in [1.807, 2.05) is 18.2 Å². The first kappa shape index (κ1) is 16.3. The van der Waals surface area contributed by atoms with Crippen molar-refractivity contribution in [2.24, 2.45) is 5.92 Å². The number of carbonyl (C=O) groups is 2. The van der Waals surface area contributed by atoms with Gasteiger partial charge < -0.3 is 15.0 Å². The predicted molar refractivity (Wildman–Crippen MR) is 93.5 cm³/mol. The van der Waals surface area contributed by atoms with Crippen molar-refractivity contribution in [1.82, 2.24) is 0 Å². The third kappa shape index (κ3) is 3.21. The molecule has 1 aliphatic heterocycles. The van der Waals surface area contributed by atoms with Crippen LogP contribution in [-0.4, -0.2) is 25.5 Å². The van der Waals surface area contributed by atoms with E-state index < -0.39 is 5.92 Å². The lowest BCUT2D eigenvalue weighted by Gasteiger charge is -2.18. The van der Waals surface area contributed by atoms with Crippen LogP contribution in [0.15, 0.2) is 48.5 Å². The highest BCUT2D eigenvalue weighted by Crippen LogP contribution is 2.32. The average Bonchev–Trinajstić information content (AvgIpc) is 2.97. The van der Waals surface area contributed by atoms with Crippen LogP contribution in [0.3, 0.4) is 0 Å². The summed E-state index contributed by atoms with van der Waals surface area (Å²) in [7, 11) is 1.54. The Kier molecular flexibility index (Phi) is 4.71. The number of hydrogen-bond donors (Lipinski definition) is 1. The number of nitrogens with one attached hydrogen (secondary N) is 1. The fraction of sp³-hybridized carbons (Fsp3) is 0.222. The molecule has 1 N–H and O–H groups in total. The largest absolute Gasteiger partial charge is 0.495 e. The molecule has 1 atom stereocenters. The van der Waals surface area contributed by atoms with Gasteiger partial charge in [-0.05, 0) is 24.3 Å². The van der Waals surface area contributed by atoms with E-state index in [1.54, 1.807) is 42.3 Å². The Morgan fingerprint density at radius 3 is 2.67 bits per heavy atom. The molecule has 124 valence electrons. The molecular weight excluding hydrogens is 328 g/mol. The smallest absolute Gasteiger partial charge is 0.229 e. The Bertz CT molecular complexity index is 778. The van der Waals surface area contributed by atoms with E-state index in [2.05, 4.69) is 5.32 Å². The summed E-state index contributed by atoms with van der Waals surface area (Å²) >= 11 is 6.16. The van der Waals surface area contributed by atoms with Gasteiger partial charge in [-0.25, -0.2) is 0 Å². The summed E-state index contributed by atoms with van der Waals surface area (Å²) in [4.78, 5) is 26.4. The third-order valence-corrected chi connectivity index (χ3v) is 4.32. The van der Waals surface area contributed by atoms with Crippen LogP contribution in [0.4, 0.5) is 11.4 Å². The molecule has 0 bridgehead atoms. The lowest BCUT2D eigenvalue weighted by atomic mass is 10.1. The molecular formula is C18H17ClN2O3. The van der Waals surface area contributed by atoms with Crippen molar-refractivity contribution in [3.05, 3.63) is 53.6 Å². The van der Waals surface area contributed by atoms with E-state index in [4.69, 9.17) is 16.3 Å². The summed E-state index contributed by atoms with van der Waals surface area (Å²) in [5.41, 5.74) is 1.23. The van der Waals surface area contributed by atoms with Crippen molar-refractivity contribution >= 4 is 34.8 Å². The van der Waals surface area contributed by atoms with Crippen molar-refractivity contribution in [2.45, 2.75) is 6.42 Å². The molecule has 1 unspecified atom stereocenters. The molecule has 0 aromatic heterocycles. The van der Waals surface area contributed by atoms with E-state index in [9.17, 15) is 9.59 Å². The first-order valence-corrected chi connectivity index (χ1v) is 7.96. The molecule has 1 heterocycles. The SMILES string of the molecule is COc1ccccc1NC(=O)C1CC(=O)N(c2ccccc2Cl)C1. The van der Waals surface area contributed by atoms with Crippen molar-refractivity contribution in [3.8, 4) is 5.75 Å². The highest BCUT2D eigenvalue weighted by atomic mass is 35.5. The average molecular weight is 345 g/mol. The molecule has 0 radical (unpaired) electrons. The number of para-hydroxylation sites is 3. The standard InChI is InChI=1S/C18H17ClN2O3/c1-24-16-9-5-3-7-14(16)20-18(23)12-10-17(22)21(11-12)15-8-4-2-6-13(15)19/h2-9,12H,10-11H2,1H3,(H,20,23). The second kappa shape index (κ2) is 6.93. The normalized spacial score (nSPS) is 17.0. The Morgan fingerprint density at radius 1 is 1.21 bits per heavy atom. The Morgan fingerprint density at radius 2 is 1.92 bits per heavy atom. The zero-order valence-corrected chi connectivity index (χ0v) is 13.9. The molecule has 0 saturated carbocycles. The molecule has 2 aromatic rings. The second-order valence-corrected chi connectivity index (χ2v) is 5.95. The molecule has 2 aromatic carbocycles. The minimum absolute atomic E-state index is 0.108. The van der Waals surface area contributed by atoms with Gasteiger partial charge in [0.05, 0.1) is 29.4 Å². The lowest BCUT2D eigenvalue weighted by molar-refractivity contribution is -0.122. The van der Waals surface area contributed by atoms with E-state index >= 15 is 0 Å². The number of methoxy groups -OCH3 is 1. The number of rotatable bonds is 4. The number of anilines is 2. The number of benzene rings is 2. The van der Waals surface area contributed by atoms with E-state index in [-0.39, 0.29) is 18.2 Å². The maximum Gasteiger partial charge on any atom is 0.229 e. The molecule has 3 rings (SSSR count). The monoisotopic (exact) mass is 344 g/mol. The molecule has 2 amide bonds. The quantitative estimate of drug-likeness (QED) is 0.925. The second-order valence-electron chi connectivity index (χ2n) is 5.55. The minimum atomic E-state index is -0.432. The van der Waals surface area contributed by atoms with Crippen molar-refractivity contribution < 1.29 is 14.3 Å². The summed E-state index contributed by atoms with van der Waals surface area (Å²) in [5.74, 6) is -0.164. The molecule has 1 aliphatic rings. The maximum absolute atomic E-state index is 12.5. The van der Waals surface area contributed by atoms with Crippen LogP contribution >= 0.6 is 11.6 Å². The lowest BCUT2D eigenvalue weighted by Crippen LogP contribution is -2.28. The summed E-state index contributed by atoms with van der Waals surface area (Å²) in [6.07, 6.45) is 0.159. The zero-order chi connectivity index (χ0) is 17.1. The van der Waals surface area contributed by atoms with E-state index in [1.165, 1.54) is 0 Å². The summed E-state index contributed by atoms with van der Waals surface area (Å²) in [5, 5.41) is 3.33. The van der Waals surface area contributed by atoms with Gasteiger partial charge in [-0.3, -0.25) is 9.59 Å². The fourth-order valence-electron chi connectivity index (χ4n) is 2.77. The number of carbonyl (C=O) groups excluding carboxylic acids is 2. The molecule has 1 fully saturated rings. The van der Waals surface area contributed by atoms with Crippen molar-refractivity contribution in [3.63, 3.8) is 0 Å². The van der Waals surface area contributed by atoms with Gasteiger partial charge in [-0.2, -0.15) is 0 Å². The van der Waals surface area contributed by atoms with Crippen LogP contribution < -0.4 is 15.0 Å². The van der Waals surface area contributed by atoms with Gasteiger partial charge in [0.2, 0.25) is 11.8 Å². The Balaban J connectivity index is 1.74. The number of nitrogens with zero attached hydrogens (tertiary/aromatic N) is 1. The Labute approximate surface area is 145 Å². The third-order valence-electron chi connectivity index (χ3n) is 4.00. The van der Waals surface area contributed by atoms with Gasteiger partial charge in [0.1, 0.15) is 5.75 Å². The molecule has 1 saturated heterocycles. The van der Waals surface area contributed by atoms with Crippen LogP contribution in [-0.2, 0) is 9.59 Å². The summed E-state index contributed by atoms with van der Waals surface area (Å²) < 4.78 is 5.23. The van der Waals surface area contributed by atoms with Gasteiger partial charge in [-0.1, -0.05) is 35.9 Å². The van der Waals surface area contributed by atoms with Crippen LogP contribution in [0.25, 0.3) is 0 Å². The van der Waals surface area contributed by atoms with Crippen LogP contribution in [0.2, 0.25) is 5.02 Å². The Hall–Kier alpha value is -2.53. The van der Waals surface area contributed by atoms with Crippen LogP contribution in [0.5, 0.6) is 5.75 Å². The van der Waals surface area contributed by atoms with Crippen molar-refractivity contribution in [1.29, 1.82) is 0 Å². The van der Waals surface area contributed by atoms with Gasteiger partial charge >= 0.3 is 0 Å². The highest BCUT2D eigenvalue weighted by Gasteiger charge is 2.36. The zero-order valence-electron chi connectivity index (χ0n) is 13.2.